The van der Waals surface area contributed by atoms with E-state index in [1.807, 2.05) is 74.5 Å². The third-order valence-electron chi connectivity index (χ3n) is 8.40. The van der Waals surface area contributed by atoms with Gasteiger partial charge in [-0.1, -0.05) is 81.4 Å². The van der Waals surface area contributed by atoms with Crippen molar-refractivity contribution in [2.75, 3.05) is 13.1 Å². The van der Waals surface area contributed by atoms with Crippen LogP contribution in [0.5, 0.6) is 0 Å². The molecule has 0 spiro atoms. The van der Waals surface area contributed by atoms with E-state index in [0.717, 1.165) is 24.0 Å². The number of rotatable bonds is 5. The molecule has 0 saturated heterocycles. The summed E-state index contributed by atoms with van der Waals surface area (Å²) in [5, 5.41) is 3.30. The molecule has 3 aliphatic rings. The fourth-order valence-corrected chi connectivity index (χ4v) is 6.95. The molecule has 40 heavy (non-hydrogen) atoms. The summed E-state index contributed by atoms with van der Waals surface area (Å²) >= 11 is 0. The second kappa shape index (κ2) is 10.8. The molecule has 3 N–H and O–H groups in total. The Bertz CT molecular complexity index is 1310. The Labute approximate surface area is 237 Å². The first-order valence-electron chi connectivity index (χ1n) is 14.4. The lowest BCUT2D eigenvalue weighted by molar-refractivity contribution is -0.133. The lowest BCUT2D eigenvalue weighted by Crippen LogP contribution is -2.59. The standard InChI is InChI=1S/C32H42N6O2/c1-21-18-37(27(34-21)23-12-8-6-9-13-23)29(39)26(33)32(5)17-25(16-31(3,4)20-32)36-30(40)38-19-22(2)35-28(38)24-14-10-7-11-15-24/h6-15,21-22,25-26H,16-20,33H2,1-5H3,(H,36,40). The minimum Gasteiger partial charge on any atom is -0.335 e. The van der Waals surface area contributed by atoms with Crippen molar-refractivity contribution in [2.24, 2.45) is 26.5 Å². The Morgan fingerprint density at radius 1 is 0.850 bits per heavy atom. The minimum atomic E-state index is -0.723. The third-order valence-corrected chi connectivity index (χ3v) is 8.40. The van der Waals surface area contributed by atoms with Crippen LogP contribution < -0.4 is 11.1 Å². The molecule has 212 valence electrons. The van der Waals surface area contributed by atoms with Crippen LogP contribution in [0.1, 0.15) is 65.0 Å². The van der Waals surface area contributed by atoms with Gasteiger partial charge in [-0.05, 0) is 43.9 Å². The number of urea groups is 1. The summed E-state index contributed by atoms with van der Waals surface area (Å²) in [4.78, 5) is 40.6. The highest BCUT2D eigenvalue weighted by Crippen LogP contribution is 2.48. The van der Waals surface area contributed by atoms with Crippen LogP contribution in [0.25, 0.3) is 0 Å². The van der Waals surface area contributed by atoms with E-state index in [1.165, 1.54) is 0 Å². The fourth-order valence-electron chi connectivity index (χ4n) is 6.95. The topological polar surface area (TPSA) is 103 Å². The van der Waals surface area contributed by atoms with E-state index < -0.39 is 11.5 Å². The van der Waals surface area contributed by atoms with Gasteiger partial charge >= 0.3 is 6.03 Å². The number of hydrogen-bond acceptors (Lipinski definition) is 5. The molecule has 0 bridgehead atoms. The van der Waals surface area contributed by atoms with E-state index in [-0.39, 0.29) is 35.5 Å². The molecule has 1 aliphatic carbocycles. The molecule has 2 aromatic rings. The third kappa shape index (κ3) is 5.68. The SMILES string of the molecule is CC1CN(C(=O)NC2CC(C)(C)CC(C)(C(N)C(=O)N3CC(C)N=C3c3ccccc3)C2)C(c2ccccc2)=N1. The number of hydrogen-bond donors (Lipinski definition) is 2. The maximum atomic E-state index is 14.0. The highest BCUT2D eigenvalue weighted by atomic mass is 16.2. The zero-order chi connectivity index (χ0) is 28.7. The molecule has 5 atom stereocenters. The second-order valence-corrected chi connectivity index (χ2v) is 12.9. The van der Waals surface area contributed by atoms with Gasteiger partial charge in [0.15, 0.2) is 0 Å². The summed E-state index contributed by atoms with van der Waals surface area (Å²) in [5.74, 6) is 1.28. The summed E-state index contributed by atoms with van der Waals surface area (Å²) in [6.45, 7) is 11.6. The quantitative estimate of drug-likeness (QED) is 0.584. The van der Waals surface area contributed by atoms with Crippen molar-refractivity contribution < 1.29 is 9.59 Å². The number of carbonyl (C=O) groups is 2. The number of amidine groups is 2. The Morgan fingerprint density at radius 3 is 1.90 bits per heavy atom. The van der Waals surface area contributed by atoms with Crippen molar-refractivity contribution in [1.29, 1.82) is 0 Å². The van der Waals surface area contributed by atoms with Gasteiger partial charge in [0, 0.05) is 23.7 Å². The summed E-state index contributed by atoms with van der Waals surface area (Å²) in [5.41, 5.74) is 8.10. The van der Waals surface area contributed by atoms with E-state index in [0.29, 0.717) is 31.2 Å². The zero-order valence-electron chi connectivity index (χ0n) is 24.3. The van der Waals surface area contributed by atoms with Crippen molar-refractivity contribution in [1.82, 2.24) is 15.1 Å². The number of nitrogens with one attached hydrogen (secondary N) is 1. The van der Waals surface area contributed by atoms with Crippen molar-refractivity contribution in [2.45, 2.75) is 78.0 Å². The Kier molecular flexibility index (Phi) is 7.57. The molecule has 2 heterocycles. The number of carbonyl (C=O) groups excluding carboxylic acids is 2. The Balaban J connectivity index is 1.33. The average molecular weight is 543 g/mol. The number of aliphatic imine (C=N–C) groups is 2. The van der Waals surface area contributed by atoms with E-state index in [1.54, 1.807) is 9.80 Å². The number of amides is 3. The number of nitrogens with two attached hydrogens (primary N) is 1. The summed E-state index contributed by atoms with van der Waals surface area (Å²) in [7, 11) is 0. The lowest BCUT2D eigenvalue weighted by Gasteiger charge is -2.49. The molecule has 5 unspecified atom stereocenters. The molecule has 8 heteroatoms. The minimum absolute atomic E-state index is 0.0114. The van der Waals surface area contributed by atoms with Crippen LogP contribution in [0.3, 0.4) is 0 Å². The zero-order valence-corrected chi connectivity index (χ0v) is 24.3. The maximum Gasteiger partial charge on any atom is 0.323 e. The molecule has 2 aliphatic heterocycles. The van der Waals surface area contributed by atoms with Gasteiger partial charge in [0.1, 0.15) is 11.7 Å². The van der Waals surface area contributed by atoms with E-state index >= 15 is 0 Å². The van der Waals surface area contributed by atoms with Crippen LogP contribution in [0.4, 0.5) is 4.79 Å². The molecular weight excluding hydrogens is 500 g/mol. The fraction of sp³-hybridized carbons (Fsp3) is 0.500. The molecule has 0 aromatic heterocycles. The van der Waals surface area contributed by atoms with Gasteiger partial charge in [-0.3, -0.25) is 24.6 Å². The first-order chi connectivity index (χ1) is 19.0. The maximum absolute atomic E-state index is 14.0. The molecule has 3 amide bonds. The molecule has 2 aromatic carbocycles. The van der Waals surface area contributed by atoms with Gasteiger partial charge in [-0.25, -0.2) is 4.79 Å². The lowest BCUT2D eigenvalue weighted by atomic mass is 9.59. The van der Waals surface area contributed by atoms with Crippen LogP contribution in [0, 0.1) is 10.8 Å². The molecule has 1 fully saturated rings. The van der Waals surface area contributed by atoms with Crippen molar-refractivity contribution in [3.05, 3.63) is 71.8 Å². The van der Waals surface area contributed by atoms with Gasteiger partial charge in [0.25, 0.3) is 0 Å². The summed E-state index contributed by atoms with van der Waals surface area (Å²) in [6.07, 6.45) is 2.23. The average Bonchev–Trinajstić information content (AvgIpc) is 3.50. The largest absolute Gasteiger partial charge is 0.335 e. The second-order valence-electron chi connectivity index (χ2n) is 12.9. The van der Waals surface area contributed by atoms with Crippen LogP contribution in [-0.4, -0.2) is 70.7 Å². The highest BCUT2D eigenvalue weighted by Gasteiger charge is 2.49. The van der Waals surface area contributed by atoms with Gasteiger partial charge in [0.05, 0.1) is 24.7 Å². The van der Waals surface area contributed by atoms with Gasteiger partial charge in [-0.15, -0.1) is 0 Å². The van der Waals surface area contributed by atoms with Gasteiger partial charge in [0.2, 0.25) is 5.91 Å². The molecule has 5 rings (SSSR count). The first-order valence-corrected chi connectivity index (χ1v) is 14.4. The van der Waals surface area contributed by atoms with E-state index in [9.17, 15) is 9.59 Å². The summed E-state index contributed by atoms with van der Waals surface area (Å²) < 4.78 is 0. The van der Waals surface area contributed by atoms with Crippen molar-refractivity contribution in [3.63, 3.8) is 0 Å². The predicted molar refractivity (Wildman–Crippen MR) is 159 cm³/mol. The Morgan fingerprint density at radius 2 is 1.35 bits per heavy atom. The molecule has 1 saturated carbocycles. The van der Waals surface area contributed by atoms with Crippen molar-refractivity contribution in [3.8, 4) is 0 Å². The summed E-state index contributed by atoms with van der Waals surface area (Å²) in [6, 6.07) is 18.7. The van der Waals surface area contributed by atoms with Gasteiger partial charge in [-0.2, -0.15) is 0 Å². The normalized spacial score (nSPS) is 28.6. The number of nitrogens with zero attached hydrogens (tertiary/aromatic N) is 4. The Hall–Kier alpha value is -3.52. The van der Waals surface area contributed by atoms with Crippen LogP contribution in [0.15, 0.2) is 70.6 Å². The van der Waals surface area contributed by atoms with E-state index in [2.05, 4.69) is 26.1 Å². The van der Waals surface area contributed by atoms with Crippen molar-refractivity contribution >= 4 is 23.6 Å². The predicted octanol–water partition coefficient (Wildman–Crippen LogP) is 4.44. The van der Waals surface area contributed by atoms with Crippen LogP contribution in [-0.2, 0) is 4.79 Å². The van der Waals surface area contributed by atoms with Crippen LogP contribution in [0.2, 0.25) is 0 Å². The number of benzene rings is 2. The molecule has 8 nitrogen and oxygen atoms in total. The van der Waals surface area contributed by atoms with Gasteiger partial charge < -0.3 is 11.1 Å². The highest BCUT2D eigenvalue weighted by molar-refractivity contribution is 6.10. The smallest absolute Gasteiger partial charge is 0.323 e. The molecular formula is C32H42N6O2. The van der Waals surface area contributed by atoms with E-state index in [4.69, 9.17) is 15.7 Å². The van der Waals surface area contributed by atoms with Crippen LogP contribution >= 0.6 is 0 Å². The first kappa shape index (κ1) is 28.0. The monoisotopic (exact) mass is 542 g/mol. The molecule has 0 radical (unpaired) electrons.